The summed E-state index contributed by atoms with van der Waals surface area (Å²) in [5, 5.41) is 12.7. The van der Waals surface area contributed by atoms with Crippen molar-refractivity contribution >= 4 is 11.5 Å². The number of benzene rings is 1. The summed E-state index contributed by atoms with van der Waals surface area (Å²) in [4.78, 5) is 11.9. The van der Waals surface area contributed by atoms with Gasteiger partial charge in [-0.25, -0.2) is 4.39 Å². The Kier molecular flexibility index (Phi) is 3.77. The maximum absolute atomic E-state index is 12.9. The molecule has 1 aliphatic rings. The lowest BCUT2D eigenvalue weighted by atomic mass is 9.90. The molecule has 6 heteroatoms. The number of amides is 1. The summed E-state index contributed by atoms with van der Waals surface area (Å²) in [7, 11) is 0. The van der Waals surface area contributed by atoms with E-state index in [1.807, 2.05) is 0 Å². The summed E-state index contributed by atoms with van der Waals surface area (Å²) in [6.07, 6.45) is 5.97. The van der Waals surface area contributed by atoms with Gasteiger partial charge in [-0.3, -0.25) is 4.79 Å². The normalized spacial score (nSPS) is 18.1. The number of nitrogens with zero attached hydrogens (tertiary/aromatic N) is 2. The van der Waals surface area contributed by atoms with Gasteiger partial charge in [0.2, 0.25) is 0 Å². The van der Waals surface area contributed by atoms with E-state index in [-0.39, 0.29) is 17.8 Å². The zero-order valence-corrected chi connectivity index (χ0v) is 11.3. The maximum Gasteiger partial charge on any atom is 0.273 e. The molecule has 0 aliphatic heterocycles. The lowest BCUT2D eigenvalue weighted by Crippen LogP contribution is -2.35. The molecule has 0 radical (unpaired) electrons. The van der Waals surface area contributed by atoms with E-state index in [0.29, 0.717) is 5.69 Å². The Morgan fingerprint density at radius 3 is 2.76 bits per heavy atom. The monoisotopic (exact) mass is 286 g/mol. The quantitative estimate of drug-likeness (QED) is 0.909. The standard InChI is InChI=1S/C15H15FN4O/c16-12-5-1-10(2-6-12)11-3-7-13(8-4-11)18-15(21)14-9-17-20-19-14/h1-3,5-6,9,13H,4,7-8H2,(H,18,21)(H,17,19,20). The minimum Gasteiger partial charge on any atom is -0.348 e. The molecule has 1 aromatic carbocycles. The van der Waals surface area contributed by atoms with Crippen molar-refractivity contribution in [2.45, 2.75) is 25.3 Å². The van der Waals surface area contributed by atoms with E-state index in [0.717, 1.165) is 24.8 Å². The molecule has 2 aromatic rings. The van der Waals surface area contributed by atoms with Crippen molar-refractivity contribution in [2.75, 3.05) is 0 Å². The molecule has 0 fully saturated rings. The second kappa shape index (κ2) is 5.87. The highest BCUT2D eigenvalue weighted by atomic mass is 19.1. The van der Waals surface area contributed by atoms with Crippen LogP contribution in [0.3, 0.4) is 0 Å². The number of hydrogen-bond acceptors (Lipinski definition) is 3. The SMILES string of the molecule is O=C(NC1CC=C(c2ccc(F)cc2)CC1)c1cn[nH]n1. The Balaban J connectivity index is 1.61. The van der Waals surface area contributed by atoms with E-state index in [1.54, 1.807) is 12.1 Å². The minimum atomic E-state index is -0.229. The Morgan fingerprint density at radius 2 is 2.14 bits per heavy atom. The Bertz CT molecular complexity index is 649. The highest BCUT2D eigenvalue weighted by Gasteiger charge is 2.19. The number of aromatic nitrogens is 3. The largest absolute Gasteiger partial charge is 0.348 e. The van der Waals surface area contributed by atoms with Crippen LogP contribution >= 0.6 is 0 Å². The molecule has 1 aromatic heterocycles. The van der Waals surface area contributed by atoms with Crippen LogP contribution in [0.1, 0.15) is 35.3 Å². The Morgan fingerprint density at radius 1 is 1.33 bits per heavy atom. The number of hydrogen-bond donors (Lipinski definition) is 2. The smallest absolute Gasteiger partial charge is 0.273 e. The molecule has 1 unspecified atom stereocenters. The molecule has 0 saturated heterocycles. The summed E-state index contributed by atoms with van der Waals surface area (Å²) in [5.41, 5.74) is 2.53. The lowest BCUT2D eigenvalue weighted by Gasteiger charge is -2.22. The molecule has 5 nitrogen and oxygen atoms in total. The number of carbonyl (C=O) groups excluding carboxylic acids is 1. The molecule has 1 amide bonds. The summed E-state index contributed by atoms with van der Waals surface area (Å²) in [6.45, 7) is 0. The zero-order valence-electron chi connectivity index (χ0n) is 11.3. The number of allylic oxidation sites excluding steroid dienone is 1. The number of carbonyl (C=O) groups is 1. The molecule has 108 valence electrons. The van der Waals surface area contributed by atoms with Crippen LogP contribution in [0.5, 0.6) is 0 Å². The second-order valence-electron chi connectivity index (χ2n) is 5.04. The van der Waals surface area contributed by atoms with Crippen LogP contribution in [-0.2, 0) is 0 Å². The highest BCUT2D eigenvalue weighted by Crippen LogP contribution is 2.27. The first-order chi connectivity index (χ1) is 10.2. The summed E-state index contributed by atoms with van der Waals surface area (Å²) < 4.78 is 12.9. The molecule has 1 atom stereocenters. The average molecular weight is 286 g/mol. The van der Waals surface area contributed by atoms with Crippen LogP contribution in [0.25, 0.3) is 5.57 Å². The fraction of sp³-hybridized carbons (Fsp3) is 0.267. The molecule has 1 heterocycles. The maximum atomic E-state index is 12.9. The van der Waals surface area contributed by atoms with E-state index in [2.05, 4.69) is 26.8 Å². The van der Waals surface area contributed by atoms with Crippen molar-refractivity contribution in [1.82, 2.24) is 20.7 Å². The summed E-state index contributed by atoms with van der Waals surface area (Å²) >= 11 is 0. The lowest BCUT2D eigenvalue weighted by molar-refractivity contribution is 0.0930. The van der Waals surface area contributed by atoms with Gasteiger partial charge in [0.1, 0.15) is 5.82 Å². The van der Waals surface area contributed by atoms with Crippen molar-refractivity contribution in [3.63, 3.8) is 0 Å². The van der Waals surface area contributed by atoms with Gasteiger partial charge in [-0.1, -0.05) is 18.2 Å². The zero-order chi connectivity index (χ0) is 14.7. The van der Waals surface area contributed by atoms with Crippen molar-refractivity contribution < 1.29 is 9.18 Å². The van der Waals surface area contributed by atoms with Gasteiger partial charge in [-0.05, 0) is 42.5 Å². The third kappa shape index (κ3) is 3.16. The van der Waals surface area contributed by atoms with Gasteiger partial charge in [0.15, 0.2) is 5.69 Å². The molecule has 21 heavy (non-hydrogen) atoms. The molecule has 1 aliphatic carbocycles. The minimum absolute atomic E-state index is 0.0957. The molecule has 0 saturated carbocycles. The Labute approximate surface area is 121 Å². The van der Waals surface area contributed by atoms with Crippen molar-refractivity contribution in [2.24, 2.45) is 0 Å². The third-order valence-corrected chi connectivity index (χ3v) is 3.61. The van der Waals surface area contributed by atoms with E-state index >= 15 is 0 Å². The molecule has 0 spiro atoms. The molecule has 3 rings (SSSR count). The number of aromatic amines is 1. The van der Waals surface area contributed by atoms with Gasteiger partial charge in [-0.2, -0.15) is 15.4 Å². The fourth-order valence-electron chi connectivity index (χ4n) is 2.46. The predicted octanol–water partition coefficient (Wildman–Crippen LogP) is 2.31. The summed E-state index contributed by atoms with van der Waals surface area (Å²) in [5.74, 6) is -0.444. The van der Waals surface area contributed by atoms with Crippen LogP contribution in [0.4, 0.5) is 4.39 Å². The third-order valence-electron chi connectivity index (χ3n) is 3.61. The number of nitrogens with one attached hydrogen (secondary N) is 2. The topological polar surface area (TPSA) is 70.7 Å². The summed E-state index contributed by atoms with van der Waals surface area (Å²) in [6, 6.07) is 6.60. The van der Waals surface area contributed by atoms with E-state index in [9.17, 15) is 9.18 Å². The first kappa shape index (κ1) is 13.5. The van der Waals surface area contributed by atoms with Crippen LogP contribution in [0.2, 0.25) is 0 Å². The van der Waals surface area contributed by atoms with Gasteiger partial charge in [0.25, 0.3) is 5.91 Å². The van der Waals surface area contributed by atoms with E-state index in [4.69, 9.17) is 0 Å². The van der Waals surface area contributed by atoms with Gasteiger partial charge in [-0.15, -0.1) is 0 Å². The van der Waals surface area contributed by atoms with Gasteiger partial charge in [0, 0.05) is 6.04 Å². The van der Waals surface area contributed by atoms with Gasteiger partial charge in [0.05, 0.1) is 6.20 Å². The van der Waals surface area contributed by atoms with Gasteiger partial charge >= 0.3 is 0 Å². The van der Waals surface area contributed by atoms with Crippen LogP contribution in [-0.4, -0.2) is 27.4 Å². The second-order valence-corrected chi connectivity index (χ2v) is 5.04. The van der Waals surface area contributed by atoms with Crippen LogP contribution < -0.4 is 5.32 Å². The van der Waals surface area contributed by atoms with Crippen LogP contribution in [0.15, 0.2) is 36.5 Å². The van der Waals surface area contributed by atoms with Gasteiger partial charge < -0.3 is 5.32 Å². The van der Waals surface area contributed by atoms with Crippen molar-refractivity contribution in [1.29, 1.82) is 0 Å². The molecular weight excluding hydrogens is 271 g/mol. The number of H-pyrrole nitrogens is 1. The first-order valence-corrected chi connectivity index (χ1v) is 6.84. The highest BCUT2D eigenvalue weighted by molar-refractivity contribution is 5.92. The number of halogens is 1. The number of rotatable bonds is 3. The predicted molar refractivity (Wildman–Crippen MR) is 75.9 cm³/mol. The Hall–Kier alpha value is -2.50. The van der Waals surface area contributed by atoms with E-state index < -0.39 is 0 Å². The fourth-order valence-corrected chi connectivity index (χ4v) is 2.46. The van der Waals surface area contributed by atoms with Crippen molar-refractivity contribution in [3.05, 3.63) is 53.6 Å². The molecular formula is C15H15FN4O. The average Bonchev–Trinajstić information content (AvgIpc) is 3.03. The van der Waals surface area contributed by atoms with E-state index in [1.165, 1.54) is 23.9 Å². The molecule has 2 N–H and O–H groups in total. The van der Waals surface area contributed by atoms with Crippen LogP contribution in [0, 0.1) is 5.82 Å². The van der Waals surface area contributed by atoms with Crippen molar-refractivity contribution in [3.8, 4) is 0 Å². The molecule has 0 bridgehead atoms. The first-order valence-electron chi connectivity index (χ1n) is 6.84.